The Morgan fingerprint density at radius 3 is 2.53 bits per heavy atom. The molecule has 0 aliphatic carbocycles. The molecule has 2 N–H and O–H groups in total. The largest absolute Gasteiger partial charge is 0.345 e. The third-order valence-electron chi connectivity index (χ3n) is 4.65. The Hall–Kier alpha value is -2.71. The molecule has 0 saturated heterocycles. The molecule has 0 spiro atoms. The molecule has 2 heterocycles. The van der Waals surface area contributed by atoms with Gasteiger partial charge in [-0.3, -0.25) is 9.52 Å². The van der Waals surface area contributed by atoms with Crippen LogP contribution >= 0.6 is 11.6 Å². The van der Waals surface area contributed by atoms with E-state index >= 15 is 0 Å². The number of aromatic nitrogens is 3. The predicted molar refractivity (Wildman–Crippen MR) is 120 cm³/mol. The predicted octanol–water partition coefficient (Wildman–Crippen LogP) is 4.21. The second-order valence-electron chi connectivity index (χ2n) is 6.88. The number of amides is 1. The van der Waals surface area contributed by atoms with E-state index in [0.29, 0.717) is 16.4 Å². The van der Waals surface area contributed by atoms with Gasteiger partial charge in [0.15, 0.2) is 0 Å². The summed E-state index contributed by atoms with van der Waals surface area (Å²) in [6, 6.07) is 10.7. The van der Waals surface area contributed by atoms with Crippen molar-refractivity contribution in [2.24, 2.45) is 0 Å². The van der Waals surface area contributed by atoms with E-state index < -0.39 is 11.0 Å². The van der Waals surface area contributed by atoms with E-state index in [-0.39, 0.29) is 11.9 Å². The van der Waals surface area contributed by atoms with Crippen molar-refractivity contribution in [3.8, 4) is 5.69 Å². The molecule has 0 radical (unpaired) electrons. The zero-order valence-corrected chi connectivity index (χ0v) is 18.6. The van der Waals surface area contributed by atoms with Crippen LogP contribution < -0.4 is 10.0 Å². The number of benzene rings is 1. The third-order valence-corrected chi connectivity index (χ3v) is 5.39. The maximum absolute atomic E-state index is 13.0. The van der Waals surface area contributed by atoms with Crippen molar-refractivity contribution < 1.29 is 9.00 Å². The van der Waals surface area contributed by atoms with Gasteiger partial charge in [-0.25, -0.2) is 13.9 Å². The Morgan fingerprint density at radius 1 is 1.20 bits per heavy atom. The van der Waals surface area contributed by atoms with E-state index in [2.05, 4.69) is 27.0 Å². The molecule has 0 aliphatic rings. The normalized spacial score (nSPS) is 12.9. The molecule has 0 fully saturated rings. The van der Waals surface area contributed by atoms with Crippen LogP contribution in [0.4, 0.5) is 5.82 Å². The molecule has 3 rings (SSSR count). The van der Waals surface area contributed by atoms with Gasteiger partial charge in [0.25, 0.3) is 5.91 Å². The molecule has 7 nitrogen and oxygen atoms in total. The summed E-state index contributed by atoms with van der Waals surface area (Å²) in [5.41, 5.74) is 2.98. The van der Waals surface area contributed by atoms with E-state index in [1.807, 2.05) is 25.1 Å². The van der Waals surface area contributed by atoms with Crippen molar-refractivity contribution in [3.05, 3.63) is 70.6 Å². The molecule has 158 valence electrons. The lowest BCUT2D eigenvalue weighted by Crippen LogP contribution is -2.29. The molecule has 1 amide bonds. The average Bonchev–Trinajstić information content (AvgIpc) is 3.10. The fourth-order valence-corrected chi connectivity index (χ4v) is 3.68. The first-order valence-electron chi connectivity index (χ1n) is 9.56. The molecular weight excluding hydrogens is 422 g/mol. The molecule has 0 aliphatic heterocycles. The molecule has 30 heavy (non-hydrogen) atoms. The van der Waals surface area contributed by atoms with E-state index in [4.69, 9.17) is 11.6 Å². The first kappa shape index (κ1) is 22.0. The number of anilines is 1. The van der Waals surface area contributed by atoms with Crippen molar-refractivity contribution >= 4 is 34.3 Å². The Balaban J connectivity index is 1.78. The zero-order valence-electron chi connectivity index (χ0n) is 17.1. The fourth-order valence-electron chi connectivity index (χ4n) is 3.14. The number of carbonyl (C=O) groups is 1. The van der Waals surface area contributed by atoms with Crippen molar-refractivity contribution in [2.75, 3.05) is 11.0 Å². The van der Waals surface area contributed by atoms with Crippen LogP contribution in [-0.2, 0) is 11.0 Å². The number of nitrogens with zero attached hydrogens (tertiary/aromatic N) is 3. The lowest BCUT2D eigenvalue weighted by atomic mass is 10.0. The molecule has 2 unspecified atom stereocenters. The van der Waals surface area contributed by atoms with Crippen LogP contribution in [0.2, 0.25) is 5.02 Å². The summed E-state index contributed by atoms with van der Waals surface area (Å²) < 4.78 is 15.7. The molecule has 2 aromatic heterocycles. The maximum atomic E-state index is 13.0. The number of hydrogen-bond acceptors (Lipinski definition) is 4. The molecule has 9 heteroatoms. The molecule has 3 aromatic rings. The van der Waals surface area contributed by atoms with Gasteiger partial charge in [0.05, 0.1) is 29.2 Å². The van der Waals surface area contributed by atoms with E-state index in [1.165, 1.54) is 0 Å². The highest BCUT2D eigenvalue weighted by molar-refractivity contribution is 7.85. The van der Waals surface area contributed by atoms with Crippen LogP contribution in [0.25, 0.3) is 5.69 Å². The summed E-state index contributed by atoms with van der Waals surface area (Å²) >= 11 is 5.96. The van der Waals surface area contributed by atoms with Gasteiger partial charge in [-0.15, -0.1) is 0 Å². The lowest BCUT2D eigenvalue weighted by Gasteiger charge is -2.18. The molecule has 2 atom stereocenters. The van der Waals surface area contributed by atoms with Crippen LogP contribution in [0, 0.1) is 6.92 Å². The first-order valence-corrected chi connectivity index (χ1v) is 11.5. The van der Waals surface area contributed by atoms with Crippen LogP contribution in [0.5, 0.6) is 0 Å². The number of carbonyl (C=O) groups excluding carboxylic acids is 1. The van der Waals surface area contributed by atoms with E-state index in [9.17, 15) is 9.00 Å². The van der Waals surface area contributed by atoms with Gasteiger partial charge in [-0.2, -0.15) is 5.10 Å². The summed E-state index contributed by atoms with van der Waals surface area (Å²) in [6.45, 7) is 3.92. The van der Waals surface area contributed by atoms with Crippen molar-refractivity contribution in [2.45, 2.75) is 32.7 Å². The van der Waals surface area contributed by atoms with Crippen LogP contribution in [0.1, 0.15) is 47.4 Å². The Labute approximate surface area is 183 Å². The highest BCUT2D eigenvalue weighted by Gasteiger charge is 2.20. The smallest absolute Gasteiger partial charge is 0.255 e. The van der Waals surface area contributed by atoms with E-state index in [0.717, 1.165) is 29.8 Å². The standard InChI is InChI=1S/C21H24ClN5O2S/c1-4-5-19(15-6-11-20(23-12-15)26-30(3)29)25-21(28)18-13-24-27(14(18)2)17-9-7-16(22)8-10-17/h6-13,19H,4-5H2,1-3H3,(H,23,26)(H,25,28). The average molecular weight is 446 g/mol. The Bertz CT molecular complexity index is 1030. The quantitative estimate of drug-likeness (QED) is 0.543. The fraction of sp³-hybridized carbons (Fsp3) is 0.286. The monoisotopic (exact) mass is 445 g/mol. The number of pyridine rings is 1. The van der Waals surface area contributed by atoms with Crippen LogP contribution in [0.15, 0.2) is 48.8 Å². The summed E-state index contributed by atoms with van der Waals surface area (Å²) in [4.78, 5) is 17.3. The summed E-state index contributed by atoms with van der Waals surface area (Å²) in [7, 11) is -1.19. The van der Waals surface area contributed by atoms with Crippen LogP contribution in [-0.4, -0.2) is 31.1 Å². The van der Waals surface area contributed by atoms with Crippen LogP contribution in [0.3, 0.4) is 0 Å². The van der Waals surface area contributed by atoms with Gasteiger partial charge in [-0.1, -0.05) is 31.0 Å². The van der Waals surface area contributed by atoms with Gasteiger partial charge in [-0.05, 0) is 49.2 Å². The Kier molecular flexibility index (Phi) is 7.23. The molecule has 1 aromatic carbocycles. The highest BCUT2D eigenvalue weighted by atomic mass is 35.5. The van der Waals surface area contributed by atoms with E-state index in [1.54, 1.807) is 41.5 Å². The number of hydrogen-bond donors (Lipinski definition) is 2. The van der Waals surface area contributed by atoms with Gasteiger partial charge in [0.1, 0.15) is 16.8 Å². The topological polar surface area (TPSA) is 88.9 Å². The summed E-state index contributed by atoms with van der Waals surface area (Å²) in [5.74, 6) is 0.337. The van der Waals surface area contributed by atoms with Crippen molar-refractivity contribution in [3.63, 3.8) is 0 Å². The van der Waals surface area contributed by atoms with Crippen molar-refractivity contribution in [1.82, 2.24) is 20.1 Å². The second-order valence-corrected chi connectivity index (χ2v) is 8.43. The third kappa shape index (κ3) is 5.25. The lowest BCUT2D eigenvalue weighted by molar-refractivity contribution is 0.0934. The summed E-state index contributed by atoms with van der Waals surface area (Å²) in [5, 5.41) is 8.10. The minimum atomic E-state index is -1.19. The maximum Gasteiger partial charge on any atom is 0.255 e. The minimum absolute atomic E-state index is 0.186. The highest BCUT2D eigenvalue weighted by Crippen LogP contribution is 2.22. The number of halogens is 1. The molecule has 0 saturated carbocycles. The SMILES string of the molecule is CCCC(NC(=O)c1cnn(-c2ccc(Cl)cc2)c1C)c1ccc(NS(C)=O)nc1. The zero-order chi connectivity index (χ0) is 21.7. The summed E-state index contributed by atoms with van der Waals surface area (Å²) in [6.07, 6.45) is 6.48. The first-order chi connectivity index (χ1) is 14.4. The molecular formula is C21H24ClN5O2S. The second kappa shape index (κ2) is 9.86. The van der Waals surface area contributed by atoms with Gasteiger partial charge in [0, 0.05) is 17.5 Å². The molecule has 0 bridgehead atoms. The van der Waals surface area contributed by atoms with Gasteiger partial charge >= 0.3 is 0 Å². The van der Waals surface area contributed by atoms with Gasteiger partial charge < -0.3 is 5.32 Å². The minimum Gasteiger partial charge on any atom is -0.345 e. The number of rotatable bonds is 8. The van der Waals surface area contributed by atoms with Crippen molar-refractivity contribution in [1.29, 1.82) is 0 Å². The number of nitrogens with one attached hydrogen (secondary N) is 2. The Morgan fingerprint density at radius 2 is 1.93 bits per heavy atom. The van der Waals surface area contributed by atoms with Gasteiger partial charge in [0.2, 0.25) is 0 Å².